The zero-order valence-corrected chi connectivity index (χ0v) is 9.74. The molecule has 0 unspecified atom stereocenters. The van der Waals surface area contributed by atoms with Crippen molar-refractivity contribution in [2.75, 3.05) is 0 Å². The van der Waals surface area contributed by atoms with E-state index >= 15 is 0 Å². The molecule has 3 nitrogen and oxygen atoms in total. The molecule has 3 heteroatoms. The third kappa shape index (κ3) is 4.93. The van der Waals surface area contributed by atoms with Gasteiger partial charge in [-0.15, -0.1) is 0 Å². The number of nitro groups is 1. The summed E-state index contributed by atoms with van der Waals surface area (Å²) in [6, 6.07) is 18.4. The molecule has 0 aliphatic rings. The molecule has 2 rings (SSSR count). The first-order chi connectivity index (χ1) is 8.24. The Balaban J connectivity index is 0.000000171. The molecule has 0 heterocycles. The Kier molecular flexibility index (Phi) is 5.44. The Morgan fingerprint density at radius 3 is 1.71 bits per heavy atom. The lowest BCUT2D eigenvalue weighted by Crippen LogP contribution is -1.84. The summed E-state index contributed by atoms with van der Waals surface area (Å²) in [5.41, 5.74) is 1.55. The van der Waals surface area contributed by atoms with Gasteiger partial charge in [0.05, 0.1) is 4.92 Å². The maximum Gasteiger partial charge on any atom is 0.269 e. The van der Waals surface area contributed by atoms with Crippen LogP contribution in [0.4, 0.5) is 5.69 Å². The summed E-state index contributed by atoms with van der Waals surface area (Å²) >= 11 is 0. The van der Waals surface area contributed by atoms with E-state index in [4.69, 9.17) is 0 Å². The number of hydrogen-bond donors (Lipinski definition) is 0. The van der Waals surface area contributed by atoms with Gasteiger partial charge >= 0.3 is 0 Å². The van der Waals surface area contributed by atoms with Crippen molar-refractivity contribution in [1.82, 2.24) is 0 Å². The molecule has 0 aliphatic carbocycles. The third-order valence-electron chi connectivity index (χ3n) is 2.22. The molecule has 0 amide bonds. The lowest BCUT2D eigenvalue weighted by atomic mass is 10.2. The van der Waals surface area contributed by atoms with E-state index in [-0.39, 0.29) is 5.69 Å². The van der Waals surface area contributed by atoms with Crippen molar-refractivity contribution in [2.24, 2.45) is 0 Å². The van der Waals surface area contributed by atoms with Crippen LogP contribution in [0.15, 0.2) is 60.7 Å². The highest BCUT2D eigenvalue weighted by molar-refractivity contribution is 5.28. The number of hydrogen-bond acceptors (Lipinski definition) is 2. The van der Waals surface area contributed by atoms with E-state index in [0.29, 0.717) is 0 Å². The molecule has 0 saturated heterocycles. The fourth-order valence-corrected chi connectivity index (χ4v) is 1.26. The van der Waals surface area contributed by atoms with Crippen molar-refractivity contribution >= 4 is 5.69 Å². The standard InChI is InChI=1S/C8H10.C6H5NO2/c1-2-8-6-4-3-5-7-8;8-7(9)6-4-2-1-3-5-6/h3-7H,2H2,1H3;1-5H. The molecular weight excluding hydrogens is 214 g/mol. The summed E-state index contributed by atoms with van der Waals surface area (Å²) in [5.74, 6) is 0. The van der Waals surface area contributed by atoms with Gasteiger partial charge in [0.1, 0.15) is 0 Å². The Morgan fingerprint density at radius 2 is 1.41 bits per heavy atom. The predicted molar refractivity (Wildman–Crippen MR) is 68.9 cm³/mol. The second-order valence-corrected chi connectivity index (χ2v) is 3.43. The molecule has 0 radical (unpaired) electrons. The van der Waals surface area contributed by atoms with Gasteiger partial charge in [0.25, 0.3) is 5.69 Å². The predicted octanol–water partition coefficient (Wildman–Crippen LogP) is 3.84. The second kappa shape index (κ2) is 7.17. The van der Waals surface area contributed by atoms with Crippen LogP contribution in [0.1, 0.15) is 12.5 Å². The SMILES string of the molecule is CCc1ccccc1.O=[N+]([O-])c1ccccc1. The quantitative estimate of drug-likeness (QED) is 0.580. The van der Waals surface area contributed by atoms with E-state index in [2.05, 4.69) is 31.2 Å². The average molecular weight is 229 g/mol. The molecule has 17 heavy (non-hydrogen) atoms. The van der Waals surface area contributed by atoms with Crippen LogP contribution in [-0.2, 0) is 6.42 Å². The summed E-state index contributed by atoms with van der Waals surface area (Å²) in [5, 5.41) is 10.0. The van der Waals surface area contributed by atoms with Gasteiger partial charge in [-0.05, 0) is 12.0 Å². The first-order valence-electron chi connectivity index (χ1n) is 5.47. The van der Waals surface area contributed by atoms with Gasteiger partial charge in [0.15, 0.2) is 0 Å². The Morgan fingerprint density at radius 1 is 0.941 bits per heavy atom. The van der Waals surface area contributed by atoms with Crippen LogP contribution < -0.4 is 0 Å². The van der Waals surface area contributed by atoms with Crippen LogP contribution >= 0.6 is 0 Å². The monoisotopic (exact) mass is 229 g/mol. The van der Waals surface area contributed by atoms with Gasteiger partial charge in [0, 0.05) is 12.1 Å². The molecule has 0 saturated carbocycles. The van der Waals surface area contributed by atoms with E-state index in [1.165, 1.54) is 17.7 Å². The minimum Gasteiger partial charge on any atom is -0.258 e. The van der Waals surface area contributed by atoms with E-state index in [1.807, 2.05) is 6.07 Å². The summed E-state index contributed by atoms with van der Waals surface area (Å²) in [6.45, 7) is 2.16. The number of para-hydroxylation sites is 1. The van der Waals surface area contributed by atoms with Crippen LogP contribution in [0.3, 0.4) is 0 Å². The number of nitro benzene ring substituents is 1. The van der Waals surface area contributed by atoms with E-state index < -0.39 is 4.92 Å². The van der Waals surface area contributed by atoms with E-state index in [9.17, 15) is 10.1 Å². The van der Waals surface area contributed by atoms with E-state index in [0.717, 1.165) is 6.42 Å². The van der Waals surface area contributed by atoms with Gasteiger partial charge < -0.3 is 0 Å². The van der Waals surface area contributed by atoms with Crippen LogP contribution in [-0.4, -0.2) is 4.92 Å². The van der Waals surface area contributed by atoms with Crippen molar-refractivity contribution in [2.45, 2.75) is 13.3 Å². The summed E-state index contributed by atoms with van der Waals surface area (Å²) < 4.78 is 0. The Hall–Kier alpha value is -2.16. The minimum atomic E-state index is -0.417. The summed E-state index contributed by atoms with van der Waals surface area (Å²) in [7, 11) is 0. The van der Waals surface area contributed by atoms with Crippen molar-refractivity contribution < 1.29 is 4.92 Å². The third-order valence-corrected chi connectivity index (χ3v) is 2.22. The topological polar surface area (TPSA) is 43.1 Å². The zero-order valence-electron chi connectivity index (χ0n) is 9.74. The first-order valence-corrected chi connectivity index (χ1v) is 5.47. The fourth-order valence-electron chi connectivity index (χ4n) is 1.26. The molecule has 0 fully saturated rings. The molecule has 0 aliphatic heterocycles. The number of rotatable bonds is 2. The van der Waals surface area contributed by atoms with Gasteiger partial charge in [-0.25, -0.2) is 0 Å². The van der Waals surface area contributed by atoms with E-state index in [1.54, 1.807) is 18.2 Å². The van der Waals surface area contributed by atoms with Crippen molar-refractivity contribution in [3.8, 4) is 0 Å². The lowest BCUT2D eigenvalue weighted by molar-refractivity contribution is -0.384. The number of benzene rings is 2. The average Bonchev–Trinajstić information content (AvgIpc) is 2.41. The molecule has 0 atom stereocenters. The summed E-state index contributed by atoms with van der Waals surface area (Å²) in [4.78, 5) is 9.59. The highest BCUT2D eigenvalue weighted by Crippen LogP contribution is 2.06. The maximum absolute atomic E-state index is 10.0. The smallest absolute Gasteiger partial charge is 0.258 e. The molecule has 0 spiro atoms. The lowest BCUT2D eigenvalue weighted by Gasteiger charge is -1.89. The fraction of sp³-hybridized carbons (Fsp3) is 0.143. The van der Waals surface area contributed by atoms with Crippen LogP contribution in [0, 0.1) is 10.1 Å². The highest BCUT2D eigenvalue weighted by Gasteiger charge is 1.98. The number of non-ortho nitro benzene ring substituents is 1. The van der Waals surface area contributed by atoms with Gasteiger partial charge in [-0.1, -0.05) is 55.5 Å². The molecule has 2 aromatic rings. The Labute approximate surface area is 101 Å². The van der Waals surface area contributed by atoms with Crippen molar-refractivity contribution in [3.05, 3.63) is 76.3 Å². The molecule has 88 valence electrons. The maximum atomic E-state index is 10.0. The molecule has 0 N–H and O–H groups in total. The zero-order chi connectivity index (χ0) is 12.5. The Bertz CT molecular complexity index is 440. The number of nitrogens with zero attached hydrogens (tertiary/aromatic N) is 1. The molecule has 2 aromatic carbocycles. The van der Waals surface area contributed by atoms with Crippen molar-refractivity contribution in [1.29, 1.82) is 0 Å². The number of aryl methyl sites for hydroxylation is 1. The first kappa shape index (κ1) is 12.9. The molecular formula is C14H15NO2. The molecule has 0 bridgehead atoms. The van der Waals surface area contributed by atoms with Gasteiger partial charge in [0.2, 0.25) is 0 Å². The van der Waals surface area contributed by atoms with Gasteiger partial charge in [-0.3, -0.25) is 10.1 Å². The molecule has 0 aromatic heterocycles. The van der Waals surface area contributed by atoms with Crippen LogP contribution in [0.2, 0.25) is 0 Å². The summed E-state index contributed by atoms with van der Waals surface area (Å²) in [6.07, 6.45) is 1.14. The largest absolute Gasteiger partial charge is 0.269 e. The van der Waals surface area contributed by atoms with Crippen molar-refractivity contribution in [3.63, 3.8) is 0 Å². The second-order valence-electron chi connectivity index (χ2n) is 3.43. The normalized spacial score (nSPS) is 9.00. The minimum absolute atomic E-state index is 0.137. The highest BCUT2D eigenvalue weighted by atomic mass is 16.6. The van der Waals surface area contributed by atoms with Crippen LogP contribution in [0.5, 0.6) is 0 Å². The van der Waals surface area contributed by atoms with Crippen LogP contribution in [0.25, 0.3) is 0 Å². The van der Waals surface area contributed by atoms with Gasteiger partial charge in [-0.2, -0.15) is 0 Å².